The number of carbonyl (C=O) groups excluding carboxylic acids is 1. The van der Waals surface area contributed by atoms with E-state index in [9.17, 15) is 13.2 Å². The monoisotopic (exact) mass is 387 g/mol. The average Bonchev–Trinajstić information content (AvgIpc) is 3.18. The Morgan fingerprint density at radius 3 is 2.54 bits per heavy atom. The first-order valence-corrected chi connectivity index (χ1v) is 10.1. The largest absolute Gasteiger partial charge is 0.497 e. The second-order valence-corrected chi connectivity index (χ2v) is 8.73. The highest BCUT2D eigenvalue weighted by Crippen LogP contribution is 2.27. The first-order valence-electron chi connectivity index (χ1n) is 7.82. The maximum Gasteiger partial charge on any atom is 0.261 e. The summed E-state index contributed by atoms with van der Waals surface area (Å²) in [5.74, 6) is 0.399. The number of rotatable bonds is 6. The molecule has 1 aromatic heterocycles. The topological polar surface area (TPSA) is 72.5 Å². The number of nitrogens with one attached hydrogen (secondary N) is 1. The molecule has 3 aromatic rings. The van der Waals surface area contributed by atoms with Crippen LogP contribution in [-0.4, -0.2) is 21.4 Å². The summed E-state index contributed by atoms with van der Waals surface area (Å²) in [6, 6.07) is 18.5. The van der Waals surface area contributed by atoms with Crippen LogP contribution in [0.15, 0.2) is 75.8 Å². The van der Waals surface area contributed by atoms with Crippen molar-refractivity contribution in [1.29, 1.82) is 0 Å². The molecule has 0 saturated heterocycles. The van der Waals surface area contributed by atoms with Crippen molar-refractivity contribution in [2.45, 2.75) is 15.6 Å². The maximum atomic E-state index is 12.6. The van der Waals surface area contributed by atoms with Gasteiger partial charge in [0.2, 0.25) is 9.84 Å². The standard InChI is InChI=1S/C19H17NO4S2/c1-24-15-7-5-6-14(12-15)13-20-19(21)17-10-11-18(25-17)26(22,23)16-8-3-2-4-9-16/h2-12H,13H2,1H3,(H,20,21). The molecule has 7 heteroatoms. The predicted molar refractivity (Wildman–Crippen MR) is 100 cm³/mol. The summed E-state index contributed by atoms with van der Waals surface area (Å²) >= 11 is 0.961. The fourth-order valence-electron chi connectivity index (χ4n) is 2.35. The Morgan fingerprint density at radius 1 is 1.04 bits per heavy atom. The smallest absolute Gasteiger partial charge is 0.261 e. The van der Waals surface area contributed by atoms with Gasteiger partial charge in [0, 0.05) is 6.54 Å². The molecule has 2 aromatic carbocycles. The van der Waals surface area contributed by atoms with Gasteiger partial charge in [-0.1, -0.05) is 30.3 Å². The van der Waals surface area contributed by atoms with Crippen LogP contribution in [-0.2, 0) is 16.4 Å². The van der Waals surface area contributed by atoms with Gasteiger partial charge < -0.3 is 10.1 Å². The lowest BCUT2D eigenvalue weighted by Crippen LogP contribution is -2.21. The van der Waals surface area contributed by atoms with Crippen molar-refractivity contribution in [1.82, 2.24) is 5.32 Å². The van der Waals surface area contributed by atoms with Gasteiger partial charge in [-0.3, -0.25) is 4.79 Å². The van der Waals surface area contributed by atoms with Gasteiger partial charge in [-0.15, -0.1) is 11.3 Å². The van der Waals surface area contributed by atoms with Crippen molar-refractivity contribution in [2.75, 3.05) is 7.11 Å². The minimum Gasteiger partial charge on any atom is -0.497 e. The van der Waals surface area contributed by atoms with Crippen molar-refractivity contribution >= 4 is 27.1 Å². The molecule has 0 aliphatic heterocycles. The molecule has 26 heavy (non-hydrogen) atoms. The summed E-state index contributed by atoms with van der Waals surface area (Å²) in [6.07, 6.45) is 0. The Morgan fingerprint density at radius 2 is 1.81 bits per heavy atom. The number of ether oxygens (including phenoxy) is 1. The van der Waals surface area contributed by atoms with E-state index in [1.807, 2.05) is 24.3 Å². The SMILES string of the molecule is COc1cccc(CNC(=O)c2ccc(S(=O)(=O)c3ccccc3)s2)c1. The minimum atomic E-state index is -3.61. The molecule has 0 aliphatic carbocycles. The van der Waals surface area contributed by atoms with Crippen LogP contribution in [0, 0.1) is 0 Å². The molecule has 0 aliphatic rings. The van der Waals surface area contributed by atoms with Crippen LogP contribution in [0.3, 0.4) is 0 Å². The van der Waals surface area contributed by atoms with Crippen LogP contribution in [0.1, 0.15) is 15.2 Å². The van der Waals surface area contributed by atoms with Crippen LogP contribution in [0.2, 0.25) is 0 Å². The predicted octanol–water partition coefficient (Wildman–Crippen LogP) is 3.52. The summed E-state index contributed by atoms with van der Waals surface area (Å²) in [6.45, 7) is 0.328. The Hall–Kier alpha value is -2.64. The van der Waals surface area contributed by atoms with Gasteiger partial charge in [0.05, 0.1) is 16.9 Å². The Balaban J connectivity index is 1.72. The summed E-state index contributed by atoms with van der Waals surface area (Å²) in [5.41, 5.74) is 0.895. The van der Waals surface area contributed by atoms with E-state index in [2.05, 4.69) is 5.32 Å². The van der Waals surface area contributed by atoms with Crippen molar-refractivity contribution in [3.63, 3.8) is 0 Å². The molecule has 5 nitrogen and oxygen atoms in total. The zero-order chi connectivity index (χ0) is 18.6. The molecular weight excluding hydrogens is 370 g/mol. The lowest BCUT2D eigenvalue weighted by Gasteiger charge is -2.06. The lowest BCUT2D eigenvalue weighted by molar-refractivity contribution is 0.0955. The number of benzene rings is 2. The summed E-state index contributed by atoms with van der Waals surface area (Å²) in [4.78, 5) is 12.9. The third-order valence-corrected chi connectivity index (χ3v) is 7.06. The molecule has 1 amide bonds. The highest BCUT2D eigenvalue weighted by Gasteiger charge is 2.21. The third kappa shape index (κ3) is 3.95. The van der Waals surface area contributed by atoms with E-state index in [4.69, 9.17) is 4.74 Å². The number of hydrogen-bond acceptors (Lipinski definition) is 5. The van der Waals surface area contributed by atoms with Crippen molar-refractivity contribution in [2.24, 2.45) is 0 Å². The highest BCUT2D eigenvalue weighted by molar-refractivity contribution is 7.93. The number of methoxy groups -OCH3 is 1. The van der Waals surface area contributed by atoms with E-state index in [0.717, 1.165) is 16.9 Å². The minimum absolute atomic E-state index is 0.148. The van der Waals surface area contributed by atoms with Crippen LogP contribution < -0.4 is 10.1 Å². The van der Waals surface area contributed by atoms with Crippen LogP contribution >= 0.6 is 11.3 Å². The average molecular weight is 387 g/mol. The molecule has 3 rings (SSSR count). The van der Waals surface area contributed by atoms with Crippen LogP contribution in [0.25, 0.3) is 0 Å². The van der Waals surface area contributed by atoms with E-state index < -0.39 is 9.84 Å². The summed E-state index contributed by atoms with van der Waals surface area (Å²) < 4.78 is 30.5. The molecule has 0 bridgehead atoms. The van der Waals surface area contributed by atoms with Crippen molar-refractivity contribution in [3.8, 4) is 5.75 Å². The molecule has 0 radical (unpaired) electrons. The molecule has 1 heterocycles. The van der Waals surface area contributed by atoms with Gasteiger partial charge in [-0.25, -0.2) is 8.42 Å². The second-order valence-electron chi connectivity index (χ2n) is 5.47. The van der Waals surface area contributed by atoms with Gasteiger partial charge in [0.1, 0.15) is 9.96 Å². The Bertz CT molecular complexity index is 1010. The molecular formula is C19H17NO4S2. The first kappa shape index (κ1) is 18.2. The van der Waals surface area contributed by atoms with Crippen molar-refractivity contribution in [3.05, 3.63) is 77.2 Å². The van der Waals surface area contributed by atoms with Crippen LogP contribution in [0.5, 0.6) is 5.75 Å². The number of hydrogen-bond donors (Lipinski definition) is 1. The normalized spacial score (nSPS) is 11.1. The van der Waals surface area contributed by atoms with Crippen molar-refractivity contribution < 1.29 is 17.9 Å². The molecule has 0 atom stereocenters. The quantitative estimate of drug-likeness (QED) is 0.702. The molecule has 0 saturated carbocycles. The molecule has 0 spiro atoms. The fraction of sp³-hybridized carbons (Fsp3) is 0.105. The van der Waals surface area contributed by atoms with E-state index >= 15 is 0 Å². The molecule has 1 N–H and O–H groups in total. The molecule has 0 fully saturated rings. The number of sulfone groups is 1. The van der Waals surface area contributed by atoms with Gasteiger partial charge in [0.15, 0.2) is 0 Å². The zero-order valence-corrected chi connectivity index (χ0v) is 15.6. The third-order valence-electron chi connectivity index (χ3n) is 3.71. The first-order chi connectivity index (χ1) is 12.5. The van der Waals surface area contributed by atoms with Gasteiger partial charge in [-0.05, 0) is 42.0 Å². The van der Waals surface area contributed by atoms with Crippen LogP contribution in [0.4, 0.5) is 0 Å². The summed E-state index contributed by atoms with van der Waals surface area (Å²) in [7, 11) is -2.02. The lowest BCUT2D eigenvalue weighted by atomic mass is 10.2. The van der Waals surface area contributed by atoms with Gasteiger partial charge >= 0.3 is 0 Å². The van der Waals surface area contributed by atoms with E-state index in [1.165, 1.54) is 24.3 Å². The second kappa shape index (κ2) is 7.72. The Labute approximate surface area is 156 Å². The zero-order valence-electron chi connectivity index (χ0n) is 14.0. The van der Waals surface area contributed by atoms with E-state index in [-0.39, 0.29) is 15.0 Å². The number of thiophene rings is 1. The van der Waals surface area contributed by atoms with Gasteiger partial charge in [0.25, 0.3) is 5.91 Å². The Kier molecular flexibility index (Phi) is 5.39. The maximum absolute atomic E-state index is 12.6. The number of carbonyl (C=O) groups is 1. The fourth-order valence-corrected chi connectivity index (χ4v) is 5.00. The highest BCUT2D eigenvalue weighted by atomic mass is 32.2. The van der Waals surface area contributed by atoms with Gasteiger partial charge in [-0.2, -0.15) is 0 Å². The number of amides is 1. The van der Waals surface area contributed by atoms with E-state index in [0.29, 0.717) is 17.2 Å². The molecule has 0 unspecified atom stereocenters. The van der Waals surface area contributed by atoms with E-state index in [1.54, 1.807) is 25.3 Å². The summed E-state index contributed by atoms with van der Waals surface area (Å²) in [5, 5.41) is 2.79. The molecule has 134 valence electrons.